The third-order valence-electron chi connectivity index (χ3n) is 2.98. The van der Waals surface area contributed by atoms with E-state index >= 15 is 0 Å². The molecule has 1 aromatic rings. The molecule has 0 aromatic carbocycles. The first-order chi connectivity index (χ1) is 11.3. The molecule has 0 aliphatic rings. The second-order valence-corrected chi connectivity index (χ2v) is 6.35. The number of rotatable bonds is 7. The maximum atomic E-state index is 11.5. The Kier molecular flexibility index (Phi) is 8.08. The number of amides is 1. The van der Waals surface area contributed by atoms with Gasteiger partial charge in [0.1, 0.15) is 5.60 Å². The summed E-state index contributed by atoms with van der Waals surface area (Å²) in [5, 5.41) is 13.3. The molecule has 0 saturated heterocycles. The zero-order chi connectivity index (χ0) is 18.0. The topological polar surface area (TPSA) is 92.6 Å². The molecule has 0 bridgehead atoms. The Morgan fingerprint density at radius 1 is 1.29 bits per heavy atom. The quantitative estimate of drug-likeness (QED) is 0.397. The lowest BCUT2D eigenvalue weighted by Crippen LogP contribution is -2.39. The fraction of sp³-hybridized carbons (Fsp3) is 0.688. The number of hydrogen-bond acceptors (Lipinski definition) is 4. The molecule has 1 aromatic heterocycles. The van der Waals surface area contributed by atoms with E-state index < -0.39 is 5.60 Å². The van der Waals surface area contributed by atoms with E-state index in [1.54, 1.807) is 10.9 Å². The minimum atomic E-state index is -0.473. The van der Waals surface area contributed by atoms with Crippen LogP contribution in [0.25, 0.3) is 0 Å². The predicted octanol–water partition coefficient (Wildman–Crippen LogP) is 1.39. The first-order valence-electron chi connectivity index (χ1n) is 8.27. The van der Waals surface area contributed by atoms with Crippen LogP contribution in [0.2, 0.25) is 0 Å². The number of guanidine groups is 1. The van der Waals surface area contributed by atoms with Crippen LogP contribution >= 0.6 is 0 Å². The van der Waals surface area contributed by atoms with Gasteiger partial charge in [-0.2, -0.15) is 5.10 Å². The number of aryl methyl sites for hydroxylation is 1. The zero-order valence-electron chi connectivity index (χ0n) is 15.3. The van der Waals surface area contributed by atoms with Gasteiger partial charge in [-0.05, 0) is 40.2 Å². The molecule has 1 amide bonds. The number of hydrogen-bond donors (Lipinski definition) is 3. The minimum Gasteiger partial charge on any atom is -0.444 e. The molecule has 8 nitrogen and oxygen atoms in total. The molecule has 8 heteroatoms. The van der Waals surface area contributed by atoms with Crippen molar-refractivity contribution in [1.82, 2.24) is 25.7 Å². The van der Waals surface area contributed by atoms with E-state index in [0.29, 0.717) is 19.6 Å². The van der Waals surface area contributed by atoms with Crippen LogP contribution in [-0.4, -0.2) is 47.1 Å². The third kappa shape index (κ3) is 8.40. The summed E-state index contributed by atoms with van der Waals surface area (Å²) in [5.74, 6) is 0.746. The van der Waals surface area contributed by atoms with E-state index in [4.69, 9.17) is 4.74 Å². The number of carbonyl (C=O) groups is 1. The van der Waals surface area contributed by atoms with Crippen molar-refractivity contribution >= 4 is 12.1 Å². The van der Waals surface area contributed by atoms with Gasteiger partial charge in [0.15, 0.2) is 5.96 Å². The number of alkyl carbamates (subject to hydrolysis) is 1. The molecule has 1 heterocycles. The fourth-order valence-electron chi connectivity index (χ4n) is 1.86. The molecule has 24 heavy (non-hydrogen) atoms. The van der Waals surface area contributed by atoms with Gasteiger partial charge in [0, 0.05) is 32.9 Å². The highest BCUT2D eigenvalue weighted by atomic mass is 16.6. The van der Waals surface area contributed by atoms with Crippen LogP contribution in [0.15, 0.2) is 17.3 Å². The average molecular weight is 338 g/mol. The Labute approximate surface area is 144 Å². The smallest absolute Gasteiger partial charge is 0.407 e. The monoisotopic (exact) mass is 338 g/mol. The van der Waals surface area contributed by atoms with Crippen molar-refractivity contribution in [2.45, 2.75) is 46.3 Å². The minimum absolute atomic E-state index is 0.390. The van der Waals surface area contributed by atoms with Gasteiger partial charge in [-0.1, -0.05) is 0 Å². The summed E-state index contributed by atoms with van der Waals surface area (Å²) in [6, 6.07) is 1.94. The number of ether oxygens (including phenoxy) is 1. The number of aromatic nitrogens is 2. The molecular weight excluding hydrogens is 308 g/mol. The van der Waals surface area contributed by atoms with Crippen molar-refractivity contribution < 1.29 is 9.53 Å². The summed E-state index contributed by atoms with van der Waals surface area (Å²) in [5.41, 5.74) is 0.567. The molecule has 0 fully saturated rings. The maximum Gasteiger partial charge on any atom is 0.407 e. The molecule has 0 spiro atoms. The molecule has 0 unspecified atom stereocenters. The Bertz CT molecular complexity index is 533. The van der Waals surface area contributed by atoms with Crippen molar-refractivity contribution in [2.24, 2.45) is 12.0 Å². The summed E-state index contributed by atoms with van der Waals surface area (Å²) in [7, 11) is 1.90. The van der Waals surface area contributed by atoms with Crippen molar-refractivity contribution in [3.63, 3.8) is 0 Å². The summed E-state index contributed by atoms with van der Waals surface area (Å²) in [4.78, 5) is 16.0. The van der Waals surface area contributed by atoms with E-state index in [1.807, 2.05) is 40.8 Å². The van der Waals surface area contributed by atoms with Crippen LogP contribution in [0.4, 0.5) is 4.79 Å². The van der Waals surface area contributed by atoms with Gasteiger partial charge in [0.25, 0.3) is 0 Å². The van der Waals surface area contributed by atoms with Crippen LogP contribution in [-0.2, 0) is 18.3 Å². The van der Waals surface area contributed by atoms with Crippen LogP contribution in [0.3, 0.4) is 0 Å². The Balaban J connectivity index is 2.29. The molecule has 0 aliphatic heterocycles. The lowest BCUT2D eigenvalue weighted by molar-refractivity contribution is 0.0527. The molecule has 0 radical (unpaired) electrons. The van der Waals surface area contributed by atoms with Crippen LogP contribution in [0, 0.1) is 0 Å². The van der Waals surface area contributed by atoms with Gasteiger partial charge < -0.3 is 20.7 Å². The molecular formula is C16H30N6O2. The van der Waals surface area contributed by atoms with E-state index in [0.717, 1.165) is 24.6 Å². The zero-order valence-corrected chi connectivity index (χ0v) is 15.3. The van der Waals surface area contributed by atoms with E-state index in [9.17, 15) is 4.79 Å². The highest BCUT2D eigenvalue weighted by molar-refractivity contribution is 5.79. The van der Waals surface area contributed by atoms with E-state index in [1.165, 1.54) is 0 Å². The molecule has 1 rings (SSSR count). The largest absolute Gasteiger partial charge is 0.444 e. The molecule has 3 N–H and O–H groups in total. The summed E-state index contributed by atoms with van der Waals surface area (Å²) in [6.07, 6.45) is 2.14. The van der Waals surface area contributed by atoms with Crippen LogP contribution in [0.1, 0.15) is 39.8 Å². The number of aliphatic imine (C=N–C) groups is 1. The third-order valence-corrected chi connectivity index (χ3v) is 2.98. The SMILES string of the molecule is CCNC(=NCc1ccnn1C)NCCCNC(=O)OC(C)(C)C. The second-order valence-electron chi connectivity index (χ2n) is 6.35. The van der Waals surface area contributed by atoms with Crippen molar-refractivity contribution in [1.29, 1.82) is 0 Å². The standard InChI is InChI=1S/C16H30N6O2/c1-6-17-14(20-12-13-8-11-21-22(13)5)18-9-7-10-19-15(23)24-16(2,3)4/h8,11H,6-7,9-10,12H2,1-5H3,(H,19,23)(H2,17,18,20). The van der Waals surface area contributed by atoms with Gasteiger partial charge in [0.05, 0.1) is 12.2 Å². The highest BCUT2D eigenvalue weighted by Crippen LogP contribution is 2.06. The number of nitrogens with zero attached hydrogens (tertiary/aromatic N) is 3. The second kappa shape index (κ2) is 9.79. The van der Waals surface area contributed by atoms with Gasteiger partial charge in [-0.3, -0.25) is 4.68 Å². The normalized spacial score (nSPS) is 12.0. The van der Waals surface area contributed by atoms with E-state index in [2.05, 4.69) is 26.0 Å². The van der Waals surface area contributed by atoms with Crippen molar-refractivity contribution in [3.8, 4) is 0 Å². The lowest BCUT2D eigenvalue weighted by atomic mass is 10.2. The van der Waals surface area contributed by atoms with Crippen LogP contribution in [0.5, 0.6) is 0 Å². The van der Waals surface area contributed by atoms with Crippen molar-refractivity contribution in [3.05, 3.63) is 18.0 Å². The van der Waals surface area contributed by atoms with Gasteiger partial charge >= 0.3 is 6.09 Å². The number of nitrogens with one attached hydrogen (secondary N) is 3. The first-order valence-corrected chi connectivity index (χ1v) is 8.27. The first kappa shape index (κ1) is 19.8. The molecule has 0 saturated carbocycles. The Morgan fingerprint density at radius 2 is 2.00 bits per heavy atom. The fourth-order valence-corrected chi connectivity index (χ4v) is 1.86. The molecule has 0 aliphatic carbocycles. The molecule has 136 valence electrons. The summed E-state index contributed by atoms with van der Waals surface area (Å²) < 4.78 is 6.98. The number of carbonyl (C=O) groups excluding carboxylic acids is 1. The Morgan fingerprint density at radius 3 is 2.58 bits per heavy atom. The Hall–Kier alpha value is -2.25. The van der Waals surface area contributed by atoms with Crippen molar-refractivity contribution in [2.75, 3.05) is 19.6 Å². The van der Waals surface area contributed by atoms with Crippen LogP contribution < -0.4 is 16.0 Å². The highest BCUT2D eigenvalue weighted by Gasteiger charge is 2.15. The summed E-state index contributed by atoms with van der Waals surface area (Å²) >= 11 is 0. The van der Waals surface area contributed by atoms with Gasteiger partial charge in [0.2, 0.25) is 0 Å². The maximum absolute atomic E-state index is 11.5. The lowest BCUT2D eigenvalue weighted by Gasteiger charge is -2.19. The van der Waals surface area contributed by atoms with Gasteiger partial charge in [-0.15, -0.1) is 0 Å². The summed E-state index contributed by atoms with van der Waals surface area (Å²) in [6.45, 7) is 10.1. The van der Waals surface area contributed by atoms with E-state index in [-0.39, 0.29) is 6.09 Å². The predicted molar refractivity (Wildman–Crippen MR) is 94.9 cm³/mol. The average Bonchev–Trinajstić information content (AvgIpc) is 2.87. The van der Waals surface area contributed by atoms with Gasteiger partial charge in [-0.25, -0.2) is 9.79 Å². The molecule has 0 atom stereocenters.